The van der Waals surface area contributed by atoms with Gasteiger partial charge in [0.2, 0.25) is 5.91 Å². The van der Waals surface area contributed by atoms with Gasteiger partial charge in [-0.1, -0.05) is 29.8 Å². The molecule has 31 heavy (non-hydrogen) atoms. The molecule has 0 aliphatic carbocycles. The number of aryl methyl sites for hydroxylation is 2. The second kappa shape index (κ2) is 10.4. The first-order valence-electron chi connectivity index (χ1n) is 10.3. The average Bonchev–Trinajstić information content (AvgIpc) is 3.24. The summed E-state index contributed by atoms with van der Waals surface area (Å²) in [5.41, 5.74) is 3.28. The molecule has 0 aromatic heterocycles. The number of nitro benzene ring substituents is 1. The SMILES string of the molecule is Cc1ccc(CSCCNC(=O)C2CCCN2C(=O)c2ccc([N+](=O)[O-])c(C)c2)cc1. The summed E-state index contributed by atoms with van der Waals surface area (Å²) in [4.78, 5) is 37.7. The van der Waals surface area contributed by atoms with Crippen LogP contribution >= 0.6 is 11.8 Å². The van der Waals surface area contributed by atoms with E-state index in [1.165, 1.54) is 29.3 Å². The van der Waals surface area contributed by atoms with E-state index in [1.807, 2.05) is 0 Å². The summed E-state index contributed by atoms with van der Waals surface area (Å²) in [6.45, 7) is 4.73. The van der Waals surface area contributed by atoms with Crippen molar-refractivity contribution in [3.8, 4) is 0 Å². The zero-order valence-electron chi connectivity index (χ0n) is 17.8. The molecule has 0 radical (unpaired) electrons. The second-order valence-electron chi connectivity index (χ2n) is 7.74. The van der Waals surface area contributed by atoms with Crippen LogP contribution in [0.2, 0.25) is 0 Å². The van der Waals surface area contributed by atoms with Gasteiger partial charge in [-0.15, -0.1) is 0 Å². The van der Waals surface area contributed by atoms with E-state index in [9.17, 15) is 19.7 Å². The normalized spacial score (nSPS) is 15.7. The summed E-state index contributed by atoms with van der Waals surface area (Å²) >= 11 is 1.76. The van der Waals surface area contributed by atoms with E-state index >= 15 is 0 Å². The molecule has 2 amide bonds. The van der Waals surface area contributed by atoms with Gasteiger partial charge >= 0.3 is 0 Å². The molecule has 1 aliphatic rings. The number of hydrogen-bond donors (Lipinski definition) is 1. The van der Waals surface area contributed by atoms with Crippen LogP contribution in [0, 0.1) is 24.0 Å². The Bertz CT molecular complexity index is 962. The number of benzene rings is 2. The largest absolute Gasteiger partial charge is 0.353 e. The van der Waals surface area contributed by atoms with E-state index in [-0.39, 0.29) is 17.5 Å². The van der Waals surface area contributed by atoms with Crippen molar-refractivity contribution < 1.29 is 14.5 Å². The van der Waals surface area contributed by atoms with Gasteiger partial charge in [0, 0.05) is 41.8 Å². The first-order valence-corrected chi connectivity index (χ1v) is 11.5. The zero-order chi connectivity index (χ0) is 22.4. The number of hydrogen-bond acceptors (Lipinski definition) is 5. The summed E-state index contributed by atoms with van der Waals surface area (Å²) in [6.07, 6.45) is 1.39. The van der Waals surface area contributed by atoms with Crippen molar-refractivity contribution in [2.45, 2.75) is 38.5 Å². The Kier molecular flexibility index (Phi) is 7.68. The molecule has 0 saturated carbocycles. The van der Waals surface area contributed by atoms with Crippen LogP contribution in [0.3, 0.4) is 0 Å². The minimum atomic E-state index is -0.495. The highest BCUT2D eigenvalue weighted by molar-refractivity contribution is 7.98. The van der Waals surface area contributed by atoms with Gasteiger partial charge in [0.15, 0.2) is 0 Å². The van der Waals surface area contributed by atoms with E-state index in [1.54, 1.807) is 23.6 Å². The number of carbonyl (C=O) groups excluding carboxylic acids is 2. The Morgan fingerprint density at radius 2 is 1.94 bits per heavy atom. The van der Waals surface area contributed by atoms with Gasteiger partial charge in [-0.2, -0.15) is 11.8 Å². The minimum absolute atomic E-state index is 0.0181. The van der Waals surface area contributed by atoms with Crippen LogP contribution in [0.15, 0.2) is 42.5 Å². The van der Waals surface area contributed by atoms with E-state index in [4.69, 9.17) is 0 Å². The molecule has 2 aromatic carbocycles. The van der Waals surface area contributed by atoms with Gasteiger partial charge in [0.1, 0.15) is 6.04 Å². The molecule has 1 saturated heterocycles. The third-order valence-electron chi connectivity index (χ3n) is 5.39. The lowest BCUT2D eigenvalue weighted by Gasteiger charge is -2.24. The molecule has 1 heterocycles. The molecule has 2 aromatic rings. The summed E-state index contributed by atoms with van der Waals surface area (Å²) in [5, 5.41) is 13.9. The number of nitrogens with one attached hydrogen (secondary N) is 1. The third kappa shape index (κ3) is 5.85. The van der Waals surface area contributed by atoms with Crippen LogP contribution < -0.4 is 5.32 Å². The lowest BCUT2D eigenvalue weighted by Crippen LogP contribution is -2.46. The van der Waals surface area contributed by atoms with Crippen LogP contribution in [-0.2, 0) is 10.5 Å². The number of nitrogens with zero attached hydrogens (tertiary/aromatic N) is 2. The van der Waals surface area contributed by atoms with Crippen LogP contribution in [0.25, 0.3) is 0 Å². The molecule has 7 nitrogen and oxygen atoms in total. The molecule has 1 fully saturated rings. The van der Waals surface area contributed by atoms with Crippen molar-refractivity contribution in [1.29, 1.82) is 0 Å². The molecule has 0 bridgehead atoms. The van der Waals surface area contributed by atoms with E-state index in [0.717, 1.165) is 17.9 Å². The molecule has 164 valence electrons. The molecule has 3 rings (SSSR count). The molecule has 1 N–H and O–H groups in total. The Hall–Kier alpha value is -2.87. The number of carbonyl (C=O) groups is 2. The molecule has 0 spiro atoms. The van der Waals surface area contributed by atoms with Gasteiger partial charge in [0.25, 0.3) is 11.6 Å². The van der Waals surface area contributed by atoms with Gasteiger partial charge in [-0.3, -0.25) is 19.7 Å². The Balaban J connectivity index is 1.50. The van der Waals surface area contributed by atoms with Crippen LogP contribution in [0.1, 0.15) is 39.9 Å². The van der Waals surface area contributed by atoms with Crippen LogP contribution in [-0.4, -0.2) is 46.5 Å². The van der Waals surface area contributed by atoms with Crippen LogP contribution in [0.5, 0.6) is 0 Å². The molecule has 8 heteroatoms. The molecule has 1 aliphatic heterocycles. The van der Waals surface area contributed by atoms with E-state index < -0.39 is 11.0 Å². The average molecular weight is 442 g/mol. The van der Waals surface area contributed by atoms with Gasteiger partial charge in [0.05, 0.1) is 4.92 Å². The van der Waals surface area contributed by atoms with Crippen molar-refractivity contribution in [3.05, 3.63) is 74.8 Å². The van der Waals surface area contributed by atoms with E-state index in [2.05, 4.69) is 36.5 Å². The fourth-order valence-electron chi connectivity index (χ4n) is 3.68. The first-order chi connectivity index (χ1) is 14.9. The fraction of sp³-hybridized carbons (Fsp3) is 0.391. The topological polar surface area (TPSA) is 92.6 Å². The van der Waals surface area contributed by atoms with E-state index in [0.29, 0.717) is 30.6 Å². The maximum atomic E-state index is 12.9. The molecular weight excluding hydrogens is 414 g/mol. The summed E-state index contributed by atoms with van der Waals surface area (Å²) in [7, 11) is 0. The molecule has 1 atom stereocenters. The predicted octanol–water partition coefficient (Wildman–Crippen LogP) is 3.87. The highest BCUT2D eigenvalue weighted by atomic mass is 32.2. The Labute approximate surface area is 186 Å². The summed E-state index contributed by atoms with van der Waals surface area (Å²) in [5.74, 6) is 1.29. The standard InChI is InChI=1S/C23H27N3O4S/c1-16-5-7-18(8-6-16)15-31-13-11-24-22(27)21-4-3-12-25(21)23(28)19-9-10-20(26(29)30)17(2)14-19/h5-10,14,21H,3-4,11-13,15H2,1-2H3,(H,24,27). The van der Waals surface area contributed by atoms with Gasteiger partial charge in [-0.25, -0.2) is 0 Å². The van der Waals surface area contributed by atoms with Crippen molar-refractivity contribution in [2.75, 3.05) is 18.8 Å². The monoisotopic (exact) mass is 441 g/mol. The Morgan fingerprint density at radius 3 is 2.61 bits per heavy atom. The lowest BCUT2D eigenvalue weighted by molar-refractivity contribution is -0.385. The van der Waals surface area contributed by atoms with Crippen molar-refractivity contribution in [2.24, 2.45) is 0 Å². The quantitative estimate of drug-likeness (QED) is 0.381. The highest BCUT2D eigenvalue weighted by Gasteiger charge is 2.34. The Morgan fingerprint density at radius 1 is 1.19 bits per heavy atom. The summed E-state index contributed by atoms with van der Waals surface area (Å²) < 4.78 is 0. The lowest BCUT2D eigenvalue weighted by atomic mass is 10.1. The van der Waals surface area contributed by atoms with Crippen molar-refractivity contribution in [3.63, 3.8) is 0 Å². The number of nitro groups is 1. The number of thioether (sulfide) groups is 1. The second-order valence-corrected chi connectivity index (χ2v) is 8.85. The minimum Gasteiger partial charge on any atom is -0.353 e. The maximum absolute atomic E-state index is 12.9. The number of amides is 2. The first kappa shape index (κ1) is 22.8. The molecular formula is C23H27N3O4S. The van der Waals surface area contributed by atoms with Crippen molar-refractivity contribution >= 4 is 29.3 Å². The van der Waals surface area contributed by atoms with Gasteiger partial charge < -0.3 is 10.2 Å². The third-order valence-corrected chi connectivity index (χ3v) is 6.42. The zero-order valence-corrected chi connectivity index (χ0v) is 18.6. The smallest absolute Gasteiger partial charge is 0.272 e. The number of rotatable bonds is 8. The van der Waals surface area contributed by atoms with Crippen LogP contribution in [0.4, 0.5) is 5.69 Å². The highest BCUT2D eigenvalue weighted by Crippen LogP contribution is 2.24. The predicted molar refractivity (Wildman–Crippen MR) is 122 cm³/mol. The van der Waals surface area contributed by atoms with Crippen molar-refractivity contribution in [1.82, 2.24) is 10.2 Å². The number of likely N-dealkylation sites (tertiary alicyclic amines) is 1. The molecule has 1 unspecified atom stereocenters. The summed E-state index contributed by atoms with van der Waals surface area (Å²) in [6, 6.07) is 12.2. The maximum Gasteiger partial charge on any atom is 0.272 e. The fourth-order valence-corrected chi connectivity index (χ4v) is 4.50. The van der Waals surface area contributed by atoms with Gasteiger partial charge in [-0.05, 0) is 44.4 Å².